The number of carbonyl (C=O) groups excluding carboxylic acids is 3. The predicted molar refractivity (Wildman–Crippen MR) is 77.0 cm³/mol. The van der Waals surface area contributed by atoms with Crippen molar-refractivity contribution >= 4 is 29.0 Å². The second kappa shape index (κ2) is 7.78. The highest BCUT2D eigenvalue weighted by Gasteiger charge is 2.28. The van der Waals surface area contributed by atoms with Crippen LogP contribution >= 0.6 is 0 Å². The Balaban J connectivity index is 3.15. The Morgan fingerprint density at radius 1 is 1.39 bits per heavy atom. The van der Waals surface area contributed by atoms with Crippen molar-refractivity contribution in [3.63, 3.8) is 0 Å². The molecule has 8 nitrogen and oxygen atoms in total. The molecule has 23 heavy (non-hydrogen) atoms. The second-order valence-corrected chi connectivity index (χ2v) is 4.35. The van der Waals surface area contributed by atoms with Gasteiger partial charge in [0.05, 0.1) is 12.0 Å². The van der Waals surface area contributed by atoms with E-state index < -0.39 is 45.7 Å². The maximum absolute atomic E-state index is 13.7. The van der Waals surface area contributed by atoms with Crippen molar-refractivity contribution in [2.24, 2.45) is 5.92 Å². The molecular weight excluding hydrogens is 311 g/mol. The standard InChI is InChI=1S/C14H13FN2O6/c1-8(18)6-7-9(14(20)23-2)13(19)16-12-10(15)4-3-5-11(12)17(21)22/h3-7,9H,1-2H3,(H,16,19)/b7-6+. The van der Waals surface area contributed by atoms with Gasteiger partial charge in [0.2, 0.25) is 5.91 Å². The molecule has 0 aromatic heterocycles. The van der Waals surface area contributed by atoms with E-state index in [1.54, 1.807) is 0 Å². The van der Waals surface area contributed by atoms with E-state index in [0.717, 1.165) is 37.5 Å². The van der Waals surface area contributed by atoms with Gasteiger partial charge in [-0.2, -0.15) is 0 Å². The molecular formula is C14H13FN2O6. The molecule has 0 aliphatic heterocycles. The largest absolute Gasteiger partial charge is 0.468 e. The zero-order valence-corrected chi connectivity index (χ0v) is 12.2. The van der Waals surface area contributed by atoms with E-state index in [2.05, 4.69) is 4.74 Å². The third-order valence-corrected chi connectivity index (χ3v) is 2.70. The highest BCUT2D eigenvalue weighted by molar-refractivity contribution is 6.07. The van der Waals surface area contributed by atoms with E-state index in [1.165, 1.54) is 6.92 Å². The number of anilines is 1. The summed E-state index contributed by atoms with van der Waals surface area (Å²) in [6, 6.07) is 3.02. The van der Waals surface area contributed by atoms with Crippen molar-refractivity contribution in [1.29, 1.82) is 0 Å². The van der Waals surface area contributed by atoms with Gasteiger partial charge < -0.3 is 10.1 Å². The molecule has 1 aromatic carbocycles. The first kappa shape index (κ1) is 18.0. The molecule has 0 aliphatic rings. The predicted octanol–water partition coefficient (Wildman–Crippen LogP) is 1.61. The van der Waals surface area contributed by atoms with Gasteiger partial charge in [-0.25, -0.2) is 4.39 Å². The van der Waals surface area contributed by atoms with Gasteiger partial charge in [-0.15, -0.1) is 0 Å². The lowest BCUT2D eigenvalue weighted by Gasteiger charge is -2.12. The lowest BCUT2D eigenvalue weighted by atomic mass is 10.1. The summed E-state index contributed by atoms with van der Waals surface area (Å²) in [5, 5.41) is 12.8. The molecule has 1 atom stereocenters. The second-order valence-electron chi connectivity index (χ2n) is 4.35. The van der Waals surface area contributed by atoms with Crippen molar-refractivity contribution < 1.29 is 28.4 Å². The van der Waals surface area contributed by atoms with Crippen LogP contribution in [-0.4, -0.2) is 29.7 Å². The molecule has 1 amide bonds. The van der Waals surface area contributed by atoms with Crippen molar-refractivity contribution in [2.75, 3.05) is 12.4 Å². The zero-order valence-electron chi connectivity index (χ0n) is 12.2. The lowest BCUT2D eigenvalue weighted by molar-refractivity contribution is -0.384. The van der Waals surface area contributed by atoms with Crippen LogP contribution in [0.4, 0.5) is 15.8 Å². The maximum atomic E-state index is 13.7. The number of amides is 1. The topological polar surface area (TPSA) is 116 Å². The van der Waals surface area contributed by atoms with Crippen LogP contribution in [0.25, 0.3) is 0 Å². The van der Waals surface area contributed by atoms with Crippen molar-refractivity contribution in [2.45, 2.75) is 6.92 Å². The zero-order chi connectivity index (χ0) is 17.6. The van der Waals surface area contributed by atoms with Crippen LogP contribution in [0.1, 0.15) is 6.92 Å². The van der Waals surface area contributed by atoms with E-state index in [-0.39, 0.29) is 0 Å². The average molecular weight is 324 g/mol. The molecule has 1 N–H and O–H groups in total. The first-order valence-electron chi connectivity index (χ1n) is 6.28. The molecule has 0 heterocycles. The summed E-state index contributed by atoms with van der Waals surface area (Å²) in [6.07, 6.45) is 1.94. The van der Waals surface area contributed by atoms with Gasteiger partial charge in [-0.05, 0) is 19.1 Å². The first-order chi connectivity index (χ1) is 10.8. The number of hydrogen-bond acceptors (Lipinski definition) is 6. The molecule has 0 bridgehead atoms. The van der Waals surface area contributed by atoms with Crippen molar-refractivity contribution in [1.82, 2.24) is 0 Å². The smallest absolute Gasteiger partial charge is 0.322 e. The van der Waals surface area contributed by atoms with Gasteiger partial charge in [0.15, 0.2) is 23.2 Å². The molecule has 0 radical (unpaired) electrons. The van der Waals surface area contributed by atoms with Crippen LogP contribution in [0, 0.1) is 21.8 Å². The SMILES string of the molecule is COC(=O)C(/C=C/C(C)=O)C(=O)Nc1c(F)cccc1[N+](=O)[O-]. The molecule has 122 valence electrons. The fourth-order valence-corrected chi connectivity index (χ4v) is 1.62. The van der Waals surface area contributed by atoms with Crippen molar-refractivity contribution in [3.05, 3.63) is 46.3 Å². The summed E-state index contributed by atoms with van der Waals surface area (Å²) < 4.78 is 18.1. The Bertz CT molecular complexity index is 686. The van der Waals surface area contributed by atoms with Crippen LogP contribution in [-0.2, 0) is 19.1 Å². The first-order valence-corrected chi connectivity index (χ1v) is 6.28. The number of nitro benzene ring substituents is 1. The Morgan fingerprint density at radius 3 is 2.57 bits per heavy atom. The highest BCUT2D eigenvalue weighted by Crippen LogP contribution is 2.27. The number of allylic oxidation sites excluding steroid dienone is 1. The highest BCUT2D eigenvalue weighted by atomic mass is 19.1. The third-order valence-electron chi connectivity index (χ3n) is 2.70. The fraction of sp³-hybridized carbons (Fsp3) is 0.214. The Morgan fingerprint density at radius 2 is 2.04 bits per heavy atom. The number of ether oxygens (including phenoxy) is 1. The number of esters is 1. The number of para-hydroxylation sites is 1. The number of hydrogen-bond donors (Lipinski definition) is 1. The van der Waals surface area contributed by atoms with E-state index in [4.69, 9.17) is 0 Å². The number of rotatable bonds is 6. The molecule has 1 aromatic rings. The van der Waals surface area contributed by atoms with Crippen LogP contribution in [0.3, 0.4) is 0 Å². The third kappa shape index (κ3) is 4.70. The van der Waals surface area contributed by atoms with E-state index in [0.29, 0.717) is 0 Å². The number of carbonyl (C=O) groups is 3. The number of benzene rings is 1. The molecule has 0 saturated carbocycles. The van der Waals surface area contributed by atoms with Gasteiger partial charge >= 0.3 is 5.97 Å². The lowest BCUT2D eigenvalue weighted by Crippen LogP contribution is -2.29. The number of halogens is 1. The summed E-state index contributed by atoms with van der Waals surface area (Å²) in [7, 11) is 1.02. The summed E-state index contributed by atoms with van der Waals surface area (Å²) in [4.78, 5) is 44.6. The summed E-state index contributed by atoms with van der Waals surface area (Å²) in [5.74, 6) is -5.08. The molecule has 9 heteroatoms. The fourth-order valence-electron chi connectivity index (χ4n) is 1.62. The minimum atomic E-state index is -1.55. The molecule has 0 aliphatic carbocycles. The Hall–Kier alpha value is -3.10. The average Bonchev–Trinajstić information content (AvgIpc) is 2.48. The van der Waals surface area contributed by atoms with Crippen LogP contribution in [0.2, 0.25) is 0 Å². The quantitative estimate of drug-likeness (QED) is 0.279. The van der Waals surface area contributed by atoms with Crippen molar-refractivity contribution in [3.8, 4) is 0 Å². The molecule has 0 spiro atoms. The maximum Gasteiger partial charge on any atom is 0.322 e. The monoisotopic (exact) mass is 324 g/mol. The minimum Gasteiger partial charge on any atom is -0.468 e. The number of methoxy groups -OCH3 is 1. The van der Waals surface area contributed by atoms with Crippen LogP contribution in [0.15, 0.2) is 30.4 Å². The Kier molecular flexibility index (Phi) is 6.07. The van der Waals surface area contributed by atoms with E-state index in [9.17, 15) is 28.9 Å². The van der Waals surface area contributed by atoms with E-state index >= 15 is 0 Å². The molecule has 0 saturated heterocycles. The van der Waals surface area contributed by atoms with Gasteiger partial charge in [0.1, 0.15) is 0 Å². The van der Waals surface area contributed by atoms with E-state index in [1.807, 2.05) is 5.32 Å². The number of nitrogens with one attached hydrogen (secondary N) is 1. The van der Waals surface area contributed by atoms with Crippen LogP contribution < -0.4 is 5.32 Å². The summed E-state index contributed by atoms with van der Waals surface area (Å²) in [5.41, 5.74) is -1.34. The number of nitro groups is 1. The normalized spacial score (nSPS) is 11.8. The van der Waals surface area contributed by atoms with Gasteiger partial charge in [0, 0.05) is 6.07 Å². The molecule has 0 fully saturated rings. The molecule has 1 unspecified atom stereocenters. The molecule has 1 rings (SSSR count). The number of ketones is 1. The summed E-state index contributed by atoms with van der Waals surface area (Å²) >= 11 is 0. The van der Waals surface area contributed by atoms with Gasteiger partial charge in [-0.1, -0.05) is 12.1 Å². The van der Waals surface area contributed by atoms with Crippen LogP contribution in [0.5, 0.6) is 0 Å². The summed E-state index contributed by atoms with van der Waals surface area (Å²) in [6.45, 7) is 1.20. The van der Waals surface area contributed by atoms with Gasteiger partial charge in [0.25, 0.3) is 5.69 Å². The Labute approximate surface area is 130 Å². The minimum absolute atomic E-state index is 0.427. The number of nitrogens with zero attached hydrogens (tertiary/aromatic N) is 1. The van der Waals surface area contributed by atoms with Gasteiger partial charge in [-0.3, -0.25) is 24.5 Å².